The van der Waals surface area contributed by atoms with Crippen LogP contribution in [0.2, 0.25) is 0 Å². The van der Waals surface area contributed by atoms with Gasteiger partial charge in [-0.1, -0.05) is 42.0 Å². The van der Waals surface area contributed by atoms with E-state index in [1.165, 1.54) is 11.1 Å². The lowest BCUT2D eigenvalue weighted by molar-refractivity contribution is -0.127. The van der Waals surface area contributed by atoms with E-state index in [1.54, 1.807) is 11.8 Å². The zero-order chi connectivity index (χ0) is 11.3. The summed E-state index contributed by atoms with van der Waals surface area (Å²) in [6.45, 7) is 4.30. The fourth-order valence-electron chi connectivity index (χ4n) is 1.36. The second-order valence-electron chi connectivity index (χ2n) is 3.78. The van der Waals surface area contributed by atoms with E-state index in [9.17, 15) is 4.79 Å². The zero-order valence-electron chi connectivity index (χ0n) is 9.53. The van der Waals surface area contributed by atoms with Gasteiger partial charge in [0, 0.05) is 20.5 Å². The van der Waals surface area contributed by atoms with E-state index >= 15 is 0 Å². The van der Waals surface area contributed by atoms with Crippen molar-refractivity contribution in [3.05, 3.63) is 41.5 Å². The summed E-state index contributed by atoms with van der Waals surface area (Å²) in [6.07, 6.45) is 2.10. The van der Waals surface area contributed by atoms with Gasteiger partial charge in [0.05, 0.1) is 0 Å². The van der Waals surface area contributed by atoms with E-state index in [-0.39, 0.29) is 5.91 Å². The first-order valence-corrected chi connectivity index (χ1v) is 5.03. The lowest BCUT2D eigenvalue weighted by atomic mass is 10.1. The molecular formula is C13H17NO. The third kappa shape index (κ3) is 3.98. The van der Waals surface area contributed by atoms with Gasteiger partial charge in [0.25, 0.3) is 0 Å². The Balaban J connectivity index is 2.65. The molecule has 0 atom stereocenters. The third-order valence-electron chi connectivity index (χ3n) is 2.24. The standard InChI is InChI=1S/C13H17NO/c1-11(10-14(3)12(2)15)9-13-7-5-4-6-8-13/h4-9H,10H2,1-3H3/b11-9-. The second-order valence-corrected chi connectivity index (χ2v) is 3.78. The SMILES string of the molecule is CC(=O)N(C)C/C(C)=C\c1ccccc1. The molecule has 0 heterocycles. The Hall–Kier alpha value is -1.57. The largest absolute Gasteiger partial charge is 0.342 e. The van der Waals surface area contributed by atoms with Crippen molar-refractivity contribution in [2.24, 2.45) is 0 Å². The molecular weight excluding hydrogens is 186 g/mol. The predicted molar refractivity (Wildman–Crippen MR) is 63.4 cm³/mol. The van der Waals surface area contributed by atoms with Gasteiger partial charge in [0.1, 0.15) is 0 Å². The van der Waals surface area contributed by atoms with E-state index in [0.29, 0.717) is 6.54 Å². The van der Waals surface area contributed by atoms with Crippen LogP contribution >= 0.6 is 0 Å². The van der Waals surface area contributed by atoms with Gasteiger partial charge in [-0.05, 0) is 12.5 Å². The van der Waals surface area contributed by atoms with Crippen molar-refractivity contribution in [3.63, 3.8) is 0 Å². The van der Waals surface area contributed by atoms with Crippen LogP contribution in [0.3, 0.4) is 0 Å². The molecule has 0 bridgehead atoms. The number of nitrogens with zero attached hydrogens (tertiary/aromatic N) is 1. The highest BCUT2D eigenvalue weighted by Gasteiger charge is 2.01. The van der Waals surface area contributed by atoms with Crippen LogP contribution in [0.15, 0.2) is 35.9 Å². The summed E-state index contributed by atoms with van der Waals surface area (Å²) in [7, 11) is 1.81. The summed E-state index contributed by atoms with van der Waals surface area (Å²) in [5, 5.41) is 0. The maximum Gasteiger partial charge on any atom is 0.219 e. The number of benzene rings is 1. The van der Waals surface area contributed by atoms with Crippen LogP contribution in [0.5, 0.6) is 0 Å². The van der Waals surface area contributed by atoms with Crippen LogP contribution in [0.25, 0.3) is 6.08 Å². The Morgan fingerprint density at radius 1 is 1.27 bits per heavy atom. The van der Waals surface area contributed by atoms with Gasteiger partial charge >= 0.3 is 0 Å². The van der Waals surface area contributed by atoms with Crippen LogP contribution < -0.4 is 0 Å². The molecule has 0 aliphatic rings. The van der Waals surface area contributed by atoms with Gasteiger partial charge in [-0.15, -0.1) is 0 Å². The van der Waals surface area contributed by atoms with Crippen molar-refractivity contribution in [2.45, 2.75) is 13.8 Å². The second kappa shape index (κ2) is 5.35. The summed E-state index contributed by atoms with van der Waals surface area (Å²) in [5.74, 6) is 0.0933. The van der Waals surface area contributed by atoms with Crippen molar-refractivity contribution in [1.82, 2.24) is 4.90 Å². The number of carbonyl (C=O) groups is 1. The van der Waals surface area contributed by atoms with E-state index in [1.807, 2.05) is 32.2 Å². The van der Waals surface area contributed by atoms with E-state index in [0.717, 1.165) is 0 Å². The van der Waals surface area contributed by atoms with Gasteiger partial charge in [0.2, 0.25) is 5.91 Å². The molecule has 0 aliphatic carbocycles. The Labute approximate surface area is 91.2 Å². The average Bonchev–Trinajstić information content (AvgIpc) is 2.18. The molecule has 2 nitrogen and oxygen atoms in total. The van der Waals surface area contributed by atoms with Crippen LogP contribution in [0.4, 0.5) is 0 Å². The molecule has 80 valence electrons. The highest BCUT2D eigenvalue weighted by atomic mass is 16.2. The summed E-state index contributed by atoms with van der Waals surface area (Å²) < 4.78 is 0. The normalized spacial score (nSPS) is 11.3. The first-order valence-electron chi connectivity index (χ1n) is 5.03. The zero-order valence-corrected chi connectivity index (χ0v) is 9.53. The molecule has 0 unspecified atom stereocenters. The molecule has 0 N–H and O–H groups in total. The molecule has 0 saturated heterocycles. The van der Waals surface area contributed by atoms with Crippen molar-refractivity contribution in [1.29, 1.82) is 0 Å². The first kappa shape index (κ1) is 11.5. The molecule has 1 aromatic carbocycles. The van der Waals surface area contributed by atoms with Gasteiger partial charge in [0.15, 0.2) is 0 Å². The van der Waals surface area contributed by atoms with Gasteiger partial charge < -0.3 is 4.90 Å². The first-order chi connectivity index (χ1) is 7.09. The minimum atomic E-state index is 0.0933. The lowest BCUT2D eigenvalue weighted by Crippen LogP contribution is -2.25. The molecule has 1 amide bonds. The predicted octanol–water partition coefficient (Wildman–Crippen LogP) is 2.57. The van der Waals surface area contributed by atoms with Crippen LogP contribution in [0, 0.1) is 0 Å². The minimum Gasteiger partial charge on any atom is -0.342 e. The van der Waals surface area contributed by atoms with Gasteiger partial charge in [-0.25, -0.2) is 0 Å². The molecule has 0 aliphatic heterocycles. The Bertz CT molecular complexity index is 354. The van der Waals surface area contributed by atoms with Crippen LogP contribution in [-0.2, 0) is 4.79 Å². The highest BCUT2D eigenvalue weighted by molar-refractivity contribution is 5.73. The molecule has 0 aromatic heterocycles. The summed E-state index contributed by atoms with van der Waals surface area (Å²) in [4.78, 5) is 12.7. The van der Waals surface area contributed by atoms with Gasteiger partial charge in [-0.2, -0.15) is 0 Å². The molecule has 2 heteroatoms. The fraction of sp³-hybridized carbons (Fsp3) is 0.308. The monoisotopic (exact) mass is 203 g/mol. The van der Waals surface area contributed by atoms with Crippen molar-refractivity contribution in [3.8, 4) is 0 Å². The average molecular weight is 203 g/mol. The summed E-state index contributed by atoms with van der Waals surface area (Å²) >= 11 is 0. The van der Waals surface area contributed by atoms with Crippen molar-refractivity contribution < 1.29 is 4.79 Å². The van der Waals surface area contributed by atoms with Crippen molar-refractivity contribution >= 4 is 12.0 Å². The Morgan fingerprint density at radius 2 is 1.87 bits per heavy atom. The smallest absolute Gasteiger partial charge is 0.219 e. The van der Waals surface area contributed by atoms with E-state index in [2.05, 4.69) is 18.2 Å². The molecule has 15 heavy (non-hydrogen) atoms. The van der Waals surface area contributed by atoms with E-state index in [4.69, 9.17) is 0 Å². The number of hydrogen-bond donors (Lipinski definition) is 0. The van der Waals surface area contributed by atoms with Gasteiger partial charge in [-0.3, -0.25) is 4.79 Å². The number of rotatable bonds is 3. The Kier molecular flexibility index (Phi) is 4.10. The number of carbonyl (C=O) groups excluding carboxylic acids is 1. The number of likely N-dealkylation sites (N-methyl/N-ethyl adjacent to an activating group) is 1. The summed E-state index contributed by atoms with van der Waals surface area (Å²) in [6, 6.07) is 10.1. The molecule has 1 rings (SSSR count). The molecule has 0 spiro atoms. The molecule has 0 saturated carbocycles. The topological polar surface area (TPSA) is 20.3 Å². The van der Waals surface area contributed by atoms with Crippen LogP contribution in [-0.4, -0.2) is 24.4 Å². The third-order valence-corrected chi connectivity index (χ3v) is 2.24. The fourth-order valence-corrected chi connectivity index (χ4v) is 1.36. The Morgan fingerprint density at radius 3 is 2.40 bits per heavy atom. The number of hydrogen-bond acceptors (Lipinski definition) is 1. The molecule has 1 aromatic rings. The minimum absolute atomic E-state index is 0.0933. The lowest BCUT2D eigenvalue weighted by Gasteiger charge is -2.14. The summed E-state index contributed by atoms with van der Waals surface area (Å²) in [5.41, 5.74) is 2.35. The molecule has 0 radical (unpaired) electrons. The quantitative estimate of drug-likeness (QED) is 0.739. The van der Waals surface area contributed by atoms with Crippen molar-refractivity contribution in [2.75, 3.05) is 13.6 Å². The molecule has 0 fully saturated rings. The van der Waals surface area contributed by atoms with Crippen LogP contribution in [0.1, 0.15) is 19.4 Å². The highest BCUT2D eigenvalue weighted by Crippen LogP contribution is 2.06. The maximum atomic E-state index is 11.0. The van der Waals surface area contributed by atoms with E-state index < -0.39 is 0 Å². The number of amides is 1. The maximum absolute atomic E-state index is 11.0.